The van der Waals surface area contributed by atoms with Crippen molar-refractivity contribution >= 4 is 37.5 Å². The molecule has 0 unspecified atom stereocenters. The molecule has 7 heteroatoms. The van der Waals surface area contributed by atoms with Crippen molar-refractivity contribution in [2.75, 3.05) is 10.5 Å². The molecule has 0 aliphatic carbocycles. The Hall–Kier alpha value is -0.820. The summed E-state index contributed by atoms with van der Waals surface area (Å²) in [5.41, 5.74) is 5.97. The largest absolute Gasteiger partial charge is 0.397 e. The van der Waals surface area contributed by atoms with Crippen LogP contribution >= 0.6 is 15.9 Å². The second kappa shape index (κ2) is 4.21. The van der Waals surface area contributed by atoms with E-state index in [2.05, 4.69) is 25.6 Å². The van der Waals surface area contributed by atoms with Crippen LogP contribution in [0.4, 0.5) is 11.5 Å². The number of rotatable bonds is 2. The number of nitrogens with one attached hydrogen (secondary N) is 1. The van der Waals surface area contributed by atoms with Gasteiger partial charge in [0.25, 0.3) is 0 Å². The summed E-state index contributed by atoms with van der Waals surface area (Å²) in [6.07, 6.45) is 1.39. The van der Waals surface area contributed by atoms with E-state index in [9.17, 15) is 8.42 Å². The van der Waals surface area contributed by atoms with E-state index >= 15 is 0 Å². The van der Waals surface area contributed by atoms with Gasteiger partial charge in [-0.1, -0.05) is 0 Å². The van der Waals surface area contributed by atoms with Crippen molar-refractivity contribution in [3.8, 4) is 0 Å². The van der Waals surface area contributed by atoms with E-state index in [1.807, 2.05) is 0 Å². The summed E-state index contributed by atoms with van der Waals surface area (Å²) >= 11 is 3.20. The van der Waals surface area contributed by atoms with E-state index in [4.69, 9.17) is 5.73 Å². The van der Waals surface area contributed by atoms with Gasteiger partial charge in [0.15, 0.2) is 5.82 Å². The van der Waals surface area contributed by atoms with E-state index in [0.717, 1.165) is 0 Å². The normalized spacial score (nSPS) is 12.5. The maximum atomic E-state index is 11.9. The summed E-state index contributed by atoms with van der Waals surface area (Å²) in [6, 6.07) is 1.59. The number of anilines is 2. The Kier molecular flexibility index (Phi) is 3.49. The lowest BCUT2D eigenvalue weighted by atomic mass is 10.3. The minimum atomic E-state index is -3.47. The summed E-state index contributed by atoms with van der Waals surface area (Å²) in [7, 11) is -3.47. The first-order valence-corrected chi connectivity index (χ1v) is 6.84. The van der Waals surface area contributed by atoms with Crippen LogP contribution in [0.3, 0.4) is 0 Å². The quantitative estimate of drug-likeness (QED) is 0.874. The van der Waals surface area contributed by atoms with E-state index in [1.165, 1.54) is 6.20 Å². The first kappa shape index (κ1) is 13.2. The minimum absolute atomic E-state index is 0.240. The van der Waals surface area contributed by atoms with E-state index < -0.39 is 14.8 Å². The van der Waals surface area contributed by atoms with Gasteiger partial charge < -0.3 is 5.73 Å². The van der Waals surface area contributed by atoms with Gasteiger partial charge >= 0.3 is 0 Å². The number of nitrogens with zero attached hydrogens (tertiary/aromatic N) is 1. The molecule has 0 saturated heterocycles. The highest BCUT2D eigenvalue weighted by Crippen LogP contribution is 2.25. The van der Waals surface area contributed by atoms with Crippen LogP contribution in [0.1, 0.15) is 20.8 Å². The molecule has 0 atom stereocenters. The molecule has 90 valence electrons. The molecule has 1 aromatic heterocycles. The maximum Gasteiger partial charge on any atom is 0.238 e. The monoisotopic (exact) mass is 307 g/mol. The Labute approximate surface area is 104 Å². The zero-order valence-corrected chi connectivity index (χ0v) is 11.7. The molecule has 3 N–H and O–H groups in total. The molecular formula is C9H14BrN3O2S. The smallest absolute Gasteiger partial charge is 0.238 e. The van der Waals surface area contributed by atoms with Gasteiger partial charge in [-0.15, -0.1) is 0 Å². The lowest BCUT2D eigenvalue weighted by Gasteiger charge is -2.20. The first-order chi connectivity index (χ1) is 7.13. The summed E-state index contributed by atoms with van der Waals surface area (Å²) in [5, 5.41) is 0. The molecule has 0 saturated carbocycles. The average Bonchev–Trinajstić information content (AvgIpc) is 2.08. The molecule has 1 heterocycles. The van der Waals surface area contributed by atoms with Crippen LogP contribution < -0.4 is 10.5 Å². The molecule has 0 aliphatic heterocycles. The summed E-state index contributed by atoms with van der Waals surface area (Å²) in [5.74, 6) is 0.240. The number of pyridine rings is 1. The van der Waals surface area contributed by atoms with E-state index in [-0.39, 0.29) is 5.82 Å². The number of nitrogen functional groups attached to an aromatic ring is 1. The fraction of sp³-hybridized carbons (Fsp3) is 0.444. The first-order valence-electron chi connectivity index (χ1n) is 4.57. The molecule has 0 amide bonds. The highest BCUT2D eigenvalue weighted by atomic mass is 79.9. The van der Waals surface area contributed by atoms with Gasteiger partial charge in [0.2, 0.25) is 10.0 Å². The lowest BCUT2D eigenvalue weighted by Crippen LogP contribution is -2.34. The van der Waals surface area contributed by atoms with Crippen molar-refractivity contribution in [1.82, 2.24) is 4.98 Å². The standard InChI is InChI=1S/C9H14BrN3O2S/c1-9(2,3)16(14,15)13-8-7(10)4-6(11)5-12-8/h4-5H,11H2,1-3H3,(H,12,13). The van der Waals surface area contributed by atoms with Gasteiger partial charge in [-0.3, -0.25) is 4.72 Å². The van der Waals surface area contributed by atoms with Crippen molar-refractivity contribution in [2.45, 2.75) is 25.5 Å². The number of sulfonamides is 1. The van der Waals surface area contributed by atoms with Crippen molar-refractivity contribution < 1.29 is 8.42 Å². The average molecular weight is 308 g/mol. The molecule has 0 bridgehead atoms. The SMILES string of the molecule is CC(C)(C)S(=O)(=O)Nc1ncc(N)cc1Br. The molecule has 0 aromatic carbocycles. The van der Waals surface area contributed by atoms with Crippen LogP contribution in [0.25, 0.3) is 0 Å². The minimum Gasteiger partial charge on any atom is -0.397 e. The molecule has 0 spiro atoms. The topological polar surface area (TPSA) is 85.1 Å². The Balaban J connectivity index is 3.07. The Morgan fingerprint density at radius 2 is 2.00 bits per heavy atom. The predicted molar refractivity (Wildman–Crippen MR) is 68.6 cm³/mol. The van der Waals surface area contributed by atoms with Crippen LogP contribution in [0, 0.1) is 0 Å². The van der Waals surface area contributed by atoms with E-state index in [1.54, 1.807) is 26.8 Å². The van der Waals surface area contributed by atoms with Crippen molar-refractivity contribution in [3.63, 3.8) is 0 Å². The maximum absolute atomic E-state index is 11.9. The third-order valence-corrected chi connectivity index (χ3v) is 4.58. The van der Waals surface area contributed by atoms with Gasteiger partial charge in [-0.25, -0.2) is 13.4 Å². The van der Waals surface area contributed by atoms with Gasteiger partial charge in [-0.2, -0.15) is 0 Å². The molecule has 5 nitrogen and oxygen atoms in total. The second-order valence-corrected chi connectivity index (χ2v) is 7.61. The second-order valence-electron chi connectivity index (χ2n) is 4.32. The number of aromatic nitrogens is 1. The zero-order chi connectivity index (χ0) is 12.6. The fourth-order valence-corrected chi connectivity index (χ4v) is 2.13. The molecule has 0 aliphatic rings. The van der Waals surface area contributed by atoms with Crippen LogP contribution in [0.2, 0.25) is 0 Å². The molecule has 1 rings (SSSR count). The highest BCUT2D eigenvalue weighted by molar-refractivity contribution is 9.10. The number of nitrogens with two attached hydrogens (primary N) is 1. The summed E-state index contributed by atoms with van der Waals surface area (Å²) < 4.78 is 25.7. The van der Waals surface area contributed by atoms with Crippen molar-refractivity contribution in [3.05, 3.63) is 16.7 Å². The van der Waals surface area contributed by atoms with Gasteiger partial charge in [0.05, 0.1) is 21.1 Å². The number of halogens is 1. The van der Waals surface area contributed by atoms with Crippen LogP contribution in [-0.2, 0) is 10.0 Å². The van der Waals surface area contributed by atoms with Gasteiger partial charge in [0.1, 0.15) is 0 Å². The molecule has 16 heavy (non-hydrogen) atoms. The van der Waals surface area contributed by atoms with Crippen LogP contribution in [0.5, 0.6) is 0 Å². The zero-order valence-electron chi connectivity index (χ0n) is 9.28. The molecular weight excluding hydrogens is 294 g/mol. The van der Waals surface area contributed by atoms with E-state index in [0.29, 0.717) is 10.2 Å². The van der Waals surface area contributed by atoms with Crippen molar-refractivity contribution in [2.24, 2.45) is 0 Å². The highest BCUT2D eigenvalue weighted by Gasteiger charge is 2.29. The summed E-state index contributed by atoms with van der Waals surface area (Å²) in [4.78, 5) is 3.91. The molecule has 1 aromatic rings. The van der Waals surface area contributed by atoms with Crippen molar-refractivity contribution in [1.29, 1.82) is 0 Å². The molecule has 0 radical (unpaired) electrons. The predicted octanol–water partition coefficient (Wildman–Crippen LogP) is 1.97. The Bertz CT molecular complexity index is 494. The van der Waals surface area contributed by atoms with Gasteiger partial charge in [-0.05, 0) is 42.8 Å². The Morgan fingerprint density at radius 3 is 2.44 bits per heavy atom. The molecule has 0 fully saturated rings. The van der Waals surface area contributed by atoms with Crippen LogP contribution in [-0.4, -0.2) is 18.1 Å². The lowest BCUT2D eigenvalue weighted by molar-refractivity contribution is 0.566. The number of hydrogen-bond acceptors (Lipinski definition) is 4. The van der Waals surface area contributed by atoms with Crippen LogP contribution in [0.15, 0.2) is 16.7 Å². The van der Waals surface area contributed by atoms with Gasteiger partial charge in [0, 0.05) is 0 Å². The third kappa shape index (κ3) is 2.85. The third-order valence-electron chi connectivity index (χ3n) is 1.90. The fourth-order valence-electron chi connectivity index (χ4n) is 0.808. The summed E-state index contributed by atoms with van der Waals surface area (Å²) in [6.45, 7) is 4.83. The Morgan fingerprint density at radius 1 is 1.44 bits per heavy atom. The number of hydrogen-bond donors (Lipinski definition) is 2.